The number of hydrogen-bond acceptors (Lipinski definition) is 6. The van der Waals surface area contributed by atoms with E-state index >= 15 is 0 Å². The monoisotopic (exact) mass is 411 g/mol. The second-order valence-corrected chi connectivity index (χ2v) is 6.81. The van der Waals surface area contributed by atoms with E-state index in [0.29, 0.717) is 11.7 Å². The molecular formula is C20H22ClN7O. The maximum atomic E-state index is 5.39. The van der Waals surface area contributed by atoms with Crippen LogP contribution in [0, 0.1) is 0 Å². The van der Waals surface area contributed by atoms with Crippen molar-refractivity contribution in [2.24, 2.45) is 0 Å². The SMILES string of the molecule is CCc1noc(-c2cccc(-n3ccnc3-c3cc4n(n3)CCCNC4)c2)n1.Cl. The van der Waals surface area contributed by atoms with Gasteiger partial charge in [0.25, 0.3) is 5.89 Å². The van der Waals surface area contributed by atoms with Gasteiger partial charge in [-0.1, -0.05) is 18.1 Å². The zero-order valence-corrected chi connectivity index (χ0v) is 16.9. The molecule has 1 N–H and O–H groups in total. The van der Waals surface area contributed by atoms with Gasteiger partial charge in [-0.05, 0) is 37.2 Å². The van der Waals surface area contributed by atoms with Crippen LogP contribution in [-0.2, 0) is 19.5 Å². The summed E-state index contributed by atoms with van der Waals surface area (Å²) in [5.74, 6) is 2.05. The Morgan fingerprint density at radius 2 is 2.17 bits per heavy atom. The molecule has 8 nitrogen and oxygen atoms in total. The molecule has 4 aromatic rings. The van der Waals surface area contributed by atoms with Crippen molar-refractivity contribution in [1.29, 1.82) is 0 Å². The molecule has 0 saturated carbocycles. The lowest BCUT2D eigenvalue weighted by Gasteiger charge is -2.07. The average molecular weight is 412 g/mol. The fourth-order valence-corrected chi connectivity index (χ4v) is 3.48. The summed E-state index contributed by atoms with van der Waals surface area (Å²) >= 11 is 0. The number of fused-ring (bicyclic) bond motifs is 1. The van der Waals surface area contributed by atoms with E-state index in [-0.39, 0.29) is 12.4 Å². The second kappa shape index (κ2) is 8.18. The van der Waals surface area contributed by atoms with Gasteiger partial charge < -0.3 is 9.84 Å². The third kappa shape index (κ3) is 3.68. The van der Waals surface area contributed by atoms with E-state index in [1.165, 1.54) is 5.69 Å². The highest BCUT2D eigenvalue weighted by molar-refractivity contribution is 5.85. The minimum absolute atomic E-state index is 0. The number of rotatable bonds is 4. The van der Waals surface area contributed by atoms with Gasteiger partial charge in [0.15, 0.2) is 11.6 Å². The molecule has 0 fully saturated rings. The van der Waals surface area contributed by atoms with E-state index in [0.717, 1.165) is 55.2 Å². The largest absolute Gasteiger partial charge is 0.334 e. The molecule has 1 aliphatic rings. The van der Waals surface area contributed by atoms with Crippen LogP contribution in [-0.4, -0.2) is 36.0 Å². The molecule has 0 bridgehead atoms. The fourth-order valence-electron chi connectivity index (χ4n) is 3.48. The second-order valence-electron chi connectivity index (χ2n) is 6.81. The van der Waals surface area contributed by atoms with Crippen LogP contribution in [0.25, 0.3) is 28.7 Å². The van der Waals surface area contributed by atoms with Crippen molar-refractivity contribution in [2.45, 2.75) is 32.9 Å². The predicted molar refractivity (Wildman–Crippen MR) is 111 cm³/mol. The zero-order valence-electron chi connectivity index (χ0n) is 16.1. The van der Waals surface area contributed by atoms with E-state index in [2.05, 4.69) is 31.2 Å². The van der Waals surface area contributed by atoms with Gasteiger partial charge in [-0.2, -0.15) is 10.1 Å². The molecule has 5 rings (SSSR count). The summed E-state index contributed by atoms with van der Waals surface area (Å²) in [6, 6.07) is 10.1. The Morgan fingerprint density at radius 3 is 3.03 bits per heavy atom. The first-order chi connectivity index (χ1) is 13.8. The van der Waals surface area contributed by atoms with Crippen LogP contribution in [0.4, 0.5) is 0 Å². The first-order valence-corrected chi connectivity index (χ1v) is 9.56. The van der Waals surface area contributed by atoms with E-state index in [1.807, 2.05) is 42.0 Å². The number of halogens is 1. The lowest BCUT2D eigenvalue weighted by molar-refractivity contribution is 0.423. The molecule has 1 aliphatic heterocycles. The normalized spacial score (nSPS) is 13.6. The zero-order chi connectivity index (χ0) is 18.9. The van der Waals surface area contributed by atoms with Crippen LogP contribution in [0.1, 0.15) is 24.9 Å². The van der Waals surface area contributed by atoms with Gasteiger partial charge in [-0.15, -0.1) is 12.4 Å². The standard InChI is InChI=1S/C20H21N7O.ClH/c1-2-18-23-20(28-25-18)14-5-3-6-15(11-14)26-10-8-22-19(26)17-12-16-13-21-7-4-9-27(16)24-17;/h3,5-6,8,10-12,21H,2,4,7,9,13H2,1H3;1H. The maximum Gasteiger partial charge on any atom is 0.257 e. The molecule has 0 spiro atoms. The molecule has 0 amide bonds. The summed E-state index contributed by atoms with van der Waals surface area (Å²) in [4.78, 5) is 8.99. The summed E-state index contributed by atoms with van der Waals surface area (Å²) in [5, 5.41) is 12.2. The lowest BCUT2D eigenvalue weighted by Crippen LogP contribution is -2.11. The Bertz CT molecular complexity index is 1090. The number of benzene rings is 1. The van der Waals surface area contributed by atoms with Gasteiger partial charge in [0.1, 0.15) is 5.69 Å². The maximum absolute atomic E-state index is 5.39. The van der Waals surface area contributed by atoms with Gasteiger partial charge in [-0.25, -0.2) is 4.98 Å². The Kier molecular flexibility index (Phi) is 5.46. The van der Waals surface area contributed by atoms with Crippen LogP contribution >= 0.6 is 12.4 Å². The predicted octanol–water partition coefficient (Wildman–Crippen LogP) is 3.26. The van der Waals surface area contributed by atoms with E-state index < -0.39 is 0 Å². The van der Waals surface area contributed by atoms with Crippen molar-refractivity contribution in [3.8, 4) is 28.7 Å². The molecule has 0 unspecified atom stereocenters. The molecule has 0 atom stereocenters. The molecule has 0 radical (unpaired) electrons. The highest BCUT2D eigenvalue weighted by Gasteiger charge is 2.17. The number of aryl methyl sites for hydroxylation is 2. The van der Waals surface area contributed by atoms with Crippen LogP contribution in [0.2, 0.25) is 0 Å². The molecule has 3 aromatic heterocycles. The van der Waals surface area contributed by atoms with Crippen molar-refractivity contribution in [1.82, 2.24) is 34.8 Å². The molecule has 9 heteroatoms. The van der Waals surface area contributed by atoms with Gasteiger partial charge in [0, 0.05) is 43.2 Å². The smallest absolute Gasteiger partial charge is 0.257 e. The average Bonchev–Trinajstić information content (AvgIpc) is 3.45. The van der Waals surface area contributed by atoms with Gasteiger partial charge >= 0.3 is 0 Å². The molecule has 0 saturated heterocycles. The minimum Gasteiger partial charge on any atom is -0.334 e. The Labute approximate surface area is 174 Å². The van der Waals surface area contributed by atoms with Gasteiger partial charge in [0.05, 0.1) is 5.69 Å². The Hall–Kier alpha value is -2.97. The highest BCUT2D eigenvalue weighted by Crippen LogP contribution is 2.25. The third-order valence-corrected chi connectivity index (χ3v) is 4.92. The summed E-state index contributed by atoms with van der Waals surface area (Å²) in [6.07, 6.45) is 5.57. The number of imidazole rings is 1. The molecule has 29 heavy (non-hydrogen) atoms. The van der Waals surface area contributed by atoms with E-state index in [4.69, 9.17) is 9.62 Å². The van der Waals surface area contributed by atoms with Crippen LogP contribution in [0.3, 0.4) is 0 Å². The molecule has 1 aromatic carbocycles. The van der Waals surface area contributed by atoms with Crippen molar-refractivity contribution >= 4 is 12.4 Å². The quantitative estimate of drug-likeness (QED) is 0.554. The molecule has 4 heterocycles. The van der Waals surface area contributed by atoms with Gasteiger partial charge in [-0.3, -0.25) is 9.25 Å². The lowest BCUT2D eigenvalue weighted by atomic mass is 10.2. The molecule has 0 aliphatic carbocycles. The Balaban J connectivity index is 0.00000205. The summed E-state index contributed by atoms with van der Waals surface area (Å²) < 4.78 is 9.50. The first kappa shape index (κ1) is 19.4. The number of aromatic nitrogens is 6. The summed E-state index contributed by atoms with van der Waals surface area (Å²) in [5.41, 5.74) is 3.92. The summed E-state index contributed by atoms with van der Waals surface area (Å²) in [7, 11) is 0. The van der Waals surface area contributed by atoms with Crippen LogP contribution in [0.5, 0.6) is 0 Å². The summed E-state index contributed by atoms with van der Waals surface area (Å²) in [6.45, 7) is 4.79. The van der Waals surface area contributed by atoms with Crippen molar-refractivity contribution in [3.05, 3.63) is 54.2 Å². The molecular weight excluding hydrogens is 390 g/mol. The van der Waals surface area contributed by atoms with E-state index in [9.17, 15) is 0 Å². The highest BCUT2D eigenvalue weighted by atomic mass is 35.5. The van der Waals surface area contributed by atoms with Crippen LogP contribution in [0.15, 0.2) is 47.2 Å². The number of nitrogens with zero attached hydrogens (tertiary/aromatic N) is 6. The van der Waals surface area contributed by atoms with Gasteiger partial charge in [0.2, 0.25) is 0 Å². The number of nitrogens with one attached hydrogen (secondary N) is 1. The fraction of sp³-hybridized carbons (Fsp3) is 0.300. The first-order valence-electron chi connectivity index (χ1n) is 9.56. The minimum atomic E-state index is 0. The van der Waals surface area contributed by atoms with Crippen molar-refractivity contribution in [2.75, 3.05) is 6.54 Å². The number of hydrogen-bond donors (Lipinski definition) is 1. The Morgan fingerprint density at radius 1 is 1.24 bits per heavy atom. The van der Waals surface area contributed by atoms with Crippen LogP contribution < -0.4 is 5.32 Å². The van der Waals surface area contributed by atoms with Crippen molar-refractivity contribution < 1.29 is 4.52 Å². The molecule has 150 valence electrons. The topological polar surface area (TPSA) is 86.6 Å². The third-order valence-electron chi connectivity index (χ3n) is 4.92. The van der Waals surface area contributed by atoms with Crippen molar-refractivity contribution in [3.63, 3.8) is 0 Å². The van der Waals surface area contributed by atoms with E-state index in [1.54, 1.807) is 6.20 Å².